The Balaban J connectivity index is 1.26. The normalized spacial score (nSPS) is 14.4. The number of carbonyl (C=O) groups is 1. The van der Waals surface area contributed by atoms with Crippen molar-refractivity contribution in [3.63, 3.8) is 0 Å². The third kappa shape index (κ3) is 6.14. The van der Waals surface area contributed by atoms with Crippen molar-refractivity contribution in [2.75, 3.05) is 42.1 Å². The first-order chi connectivity index (χ1) is 15.8. The number of amides is 1. The minimum Gasteiger partial charge on any atom is -0.368 e. The average Bonchev–Trinajstić information content (AvgIpc) is 3.24. The van der Waals surface area contributed by atoms with Crippen molar-refractivity contribution in [2.45, 2.75) is 10.5 Å². The molecule has 0 unspecified atom stereocenters. The summed E-state index contributed by atoms with van der Waals surface area (Å²) in [5.74, 6) is -0.255. The standard InChI is InChI=1S/C21H19F4N5OS2/c22-15-4-2-5-16(12-15)26-19-27-28-20(33-19)32-13-18(31)30-9-7-29(8-10-30)17-6-1-3-14(11-17)21(23,24)25/h1-6,11-12H,7-10,13H2,(H,26,27). The van der Waals surface area contributed by atoms with Gasteiger partial charge in [-0.2, -0.15) is 13.2 Å². The largest absolute Gasteiger partial charge is 0.416 e. The number of rotatable bonds is 6. The van der Waals surface area contributed by atoms with Crippen LogP contribution in [-0.4, -0.2) is 52.9 Å². The smallest absolute Gasteiger partial charge is 0.368 e. The van der Waals surface area contributed by atoms with Crippen LogP contribution in [0.4, 0.5) is 34.1 Å². The van der Waals surface area contributed by atoms with Crippen LogP contribution in [0.5, 0.6) is 0 Å². The second-order valence-corrected chi connectivity index (χ2v) is 9.41. The van der Waals surface area contributed by atoms with Crippen molar-refractivity contribution in [1.29, 1.82) is 0 Å². The molecule has 1 aliphatic heterocycles. The van der Waals surface area contributed by atoms with Crippen LogP contribution in [0.1, 0.15) is 5.56 Å². The Bertz CT molecular complexity index is 1120. The predicted molar refractivity (Wildman–Crippen MR) is 121 cm³/mol. The van der Waals surface area contributed by atoms with E-state index in [9.17, 15) is 22.4 Å². The summed E-state index contributed by atoms with van der Waals surface area (Å²) >= 11 is 2.52. The Hall–Kier alpha value is -2.86. The van der Waals surface area contributed by atoms with Crippen molar-refractivity contribution in [3.05, 3.63) is 59.9 Å². The number of hydrogen-bond donors (Lipinski definition) is 1. The number of nitrogens with one attached hydrogen (secondary N) is 1. The van der Waals surface area contributed by atoms with Gasteiger partial charge in [0.05, 0.1) is 11.3 Å². The fraction of sp³-hybridized carbons (Fsp3) is 0.286. The van der Waals surface area contributed by atoms with Crippen LogP contribution in [0.2, 0.25) is 0 Å². The maximum Gasteiger partial charge on any atom is 0.416 e. The number of anilines is 3. The van der Waals surface area contributed by atoms with Crippen molar-refractivity contribution in [2.24, 2.45) is 0 Å². The lowest BCUT2D eigenvalue weighted by atomic mass is 10.1. The summed E-state index contributed by atoms with van der Waals surface area (Å²) in [7, 11) is 0. The van der Waals surface area contributed by atoms with Gasteiger partial charge < -0.3 is 15.1 Å². The van der Waals surface area contributed by atoms with Crippen LogP contribution >= 0.6 is 23.1 Å². The summed E-state index contributed by atoms with van der Waals surface area (Å²) in [5.41, 5.74) is 0.370. The lowest BCUT2D eigenvalue weighted by Gasteiger charge is -2.36. The number of benzene rings is 2. The zero-order valence-corrected chi connectivity index (χ0v) is 18.8. The lowest BCUT2D eigenvalue weighted by Crippen LogP contribution is -2.49. The molecule has 0 radical (unpaired) electrons. The first kappa shape index (κ1) is 23.3. The maximum absolute atomic E-state index is 13.3. The molecule has 0 atom stereocenters. The number of aromatic nitrogens is 2. The van der Waals surface area contributed by atoms with Crippen LogP contribution in [0.25, 0.3) is 0 Å². The van der Waals surface area contributed by atoms with E-state index >= 15 is 0 Å². The van der Waals surface area contributed by atoms with Crippen LogP contribution in [0, 0.1) is 5.82 Å². The molecule has 0 spiro atoms. The van der Waals surface area contributed by atoms with Crippen molar-refractivity contribution in [1.82, 2.24) is 15.1 Å². The van der Waals surface area contributed by atoms with Gasteiger partial charge in [0.2, 0.25) is 11.0 Å². The average molecular weight is 498 g/mol. The molecular formula is C21H19F4N5OS2. The zero-order chi connectivity index (χ0) is 23.4. The molecule has 1 aliphatic rings. The highest BCUT2D eigenvalue weighted by Crippen LogP contribution is 2.32. The molecule has 1 saturated heterocycles. The van der Waals surface area contributed by atoms with Gasteiger partial charge >= 0.3 is 6.18 Å². The van der Waals surface area contributed by atoms with E-state index in [-0.39, 0.29) is 17.5 Å². The number of carbonyl (C=O) groups excluding carboxylic acids is 1. The Morgan fingerprint density at radius 2 is 1.82 bits per heavy atom. The molecule has 3 aromatic rings. The molecule has 1 fully saturated rings. The second-order valence-electron chi connectivity index (χ2n) is 7.21. The van der Waals surface area contributed by atoms with Gasteiger partial charge in [-0.05, 0) is 36.4 Å². The molecule has 0 aliphatic carbocycles. The monoisotopic (exact) mass is 497 g/mol. The SMILES string of the molecule is O=C(CSc1nnc(Nc2cccc(F)c2)s1)N1CCN(c2cccc(C(F)(F)F)c2)CC1. The molecule has 2 aromatic carbocycles. The molecule has 1 aromatic heterocycles. The number of nitrogens with zero attached hydrogens (tertiary/aromatic N) is 4. The van der Waals surface area contributed by atoms with Gasteiger partial charge in [-0.25, -0.2) is 4.39 Å². The first-order valence-corrected chi connectivity index (χ1v) is 11.8. The Morgan fingerprint density at radius 1 is 1.06 bits per heavy atom. The third-order valence-electron chi connectivity index (χ3n) is 4.97. The van der Waals surface area contributed by atoms with E-state index in [0.29, 0.717) is 47.0 Å². The van der Waals surface area contributed by atoms with Gasteiger partial charge in [0.1, 0.15) is 5.82 Å². The van der Waals surface area contributed by atoms with Crippen LogP contribution in [0.3, 0.4) is 0 Å². The van der Waals surface area contributed by atoms with Gasteiger partial charge in [0.15, 0.2) is 4.34 Å². The molecule has 0 bridgehead atoms. The van der Waals surface area contributed by atoms with E-state index in [1.165, 1.54) is 41.3 Å². The third-order valence-corrected chi connectivity index (χ3v) is 6.93. The van der Waals surface area contributed by atoms with E-state index in [4.69, 9.17) is 0 Å². The molecule has 4 rings (SSSR count). The highest BCUT2D eigenvalue weighted by molar-refractivity contribution is 8.01. The van der Waals surface area contributed by atoms with Crippen LogP contribution in [0.15, 0.2) is 52.9 Å². The van der Waals surface area contributed by atoms with E-state index < -0.39 is 11.7 Å². The van der Waals surface area contributed by atoms with Gasteiger partial charge in [-0.1, -0.05) is 35.2 Å². The minimum atomic E-state index is -4.39. The van der Waals surface area contributed by atoms with E-state index in [2.05, 4.69) is 15.5 Å². The highest BCUT2D eigenvalue weighted by Gasteiger charge is 2.31. The predicted octanol–water partition coefficient (Wildman–Crippen LogP) is 4.88. The number of thioether (sulfide) groups is 1. The quantitative estimate of drug-likeness (QED) is 0.387. The van der Waals surface area contributed by atoms with E-state index in [0.717, 1.165) is 12.1 Å². The first-order valence-electron chi connectivity index (χ1n) is 9.97. The maximum atomic E-state index is 13.3. The summed E-state index contributed by atoms with van der Waals surface area (Å²) in [6.45, 7) is 1.77. The van der Waals surface area contributed by atoms with Gasteiger partial charge in [0.25, 0.3) is 0 Å². The molecule has 6 nitrogen and oxygen atoms in total. The molecule has 2 heterocycles. The highest BCUT2D eigenvalue weighted by atomic mass is 32.2. The Morgan fingerprint density at radius 3 is 2.55 bits per heavy atom. The molecule has 33 heavy (non-hydrogen) atoms. The van der Waals surface area contributed by atoms with Crippen molar-refractivity contribution >= 4 is 45.5 Å². The Kier molecular flexibility index (Phi) is 7.03. The number of hydrogen-bond acceptors (Lipinski definition) is 7. The fourth-order valence-electron chi connectivity index (χ4n) is 3.32. The van der Waals surface area contributed by atoms with Gasteiger partial charge in [-0.15, -0.1) is 10.2 Å². The molecule has 1 amide bonds. The molecule has 174 valence electrons. The zero-order valence-electron chi connectivity index (χ0n) is 17.2. The van der Waals surface area contributed by atoms with Gasteiger partial charge in [-0.3, -0.25) is 4.79 Å². The summed E-state index contributed by atoms with van der Waals surface area (Å²) in [6, 6.07) is 11.2. The summed E-state index contributed by atoms with van der Waals surface area (Å²) < 4.78 is 52.7. The lowest BCUT2D eigenvalue weighted by molar-refractivity contribution is -0.137. The van der Waals surface area contributed by atoms with Crippen LogP contribution < -0.4 is 10.2 Å². The summed E-state index contributed by atoms with van der Waals surface area (Å²) in [4.78, 5) is 16.1. The van der Waals surface area contributed by atoms with Gasteiger partial charge in [0, 0.05) is 37.6 Å². The number of halogens is 4. The minimum absolute atomic E-state index is 0.0708. The van der Waals surface area contributed by atoms with Crippen LogP contribution in [-0.2, 0) is 11.0 Å². The summed E-state index contributed by atoms with van der Waals surface area (Å²) in [6.07, 6.45) is -4.39. The molecule has 0 saturated carbocycles. The second kappa shape index (κ2) is 9.96. The fourth-order valence-corrected chi connectivity index (χ4v) is 4.99. The van der Waals surface area contributed by atoms with E-state index in [1.807, 2.05) is 4.90 Å². The molecule has 12 heteroatoms. The number of alkyl halides is 3. The molecular weight excluding hydrogens is 478 g/mol. The molecule has 1 N–H and O–H groups in total. The van der Waals surface area contributed by atoms with Crippen molar-refractivity contribution < 1.29 is 22.4 Å². The summed E-state index contributed by atoms with van der Waals surface area (Å²) in [5, 5.41) is 11.5. The van der Waals surface area contributed by atoms with Crippen molar-refractivity contribution in [3.8, 4) is 0 Å². The number of piperazine rings is 1. The Labute approximate surface area is 195 Å². The topological polar surface area (TPSA) is 61.4 Å². The van der Waals surface area contributed by atoms with E-state index in [1.54, 1.807) is 23.1 Å².